The van der Waals surface area contributed by atoms with Gasteiger partial charge in [-0.15, -0.1) is 0 Å². The second kappa shape index (κ2) is 7.09. The van der Waals surface area contributed by atoms with Crippen LogP contribution in [0.4, 0.5) is 0 Å². The van der Waals surface area contributed by atoms with Gasteiger partial charge in [0.25, 0.3) is 0 Å². The molecule has 2 aliphatic rings. The summed E-state index contributed by atoms with van der Waals surface area (Å²) in [5.74, 6) is 0.973. The van der Waals surface area contributed by atoms with E-state index in [0.29, 0.717) is 6.04 Å². The Bertz CT molecular complexity index is 353. The highest BCUT2D eigenvalue weighted by Crippen LogP contribution is 2.19. The lowest BCUT2D eigenvalue weighted by Gasteiger charge is -2.24. The molecule has 110 valence electrons. The molecule has 0 aliphatic carbocycles. The van der Waals surface area contributed by atoms with Crippen molar-refractivity contribution in [2.45, 2.75) is 50.7 Å². The third-order valence-corrected chi connectivity index (χ3v) is 4.24. The third-order valence-electron chi connectivity index (χ3n) is 4.24. The van der Waals surface area contributed by atoms with E-state index < -0.39 is 0 Å². The van der Waals surface area contributed by atoms with Gasteiger partial charge in [-0.05, 0) is 56.3 Å². The number of hydrogen-bond donors (Lipinski definition) is 1. The largest absolute Gasteiger partial charge is 0.488 e. The van der Waals surface area contributed by atoms with Crippen LogP contribution in [0.25, 0.3) is 0 Å². The molecular formula is C17H25NO2. The molecule has 2 heterocycles. The summed E-state index contributed by atoms with van der Waals surface area (Å²) >= 11 is 0. The Morgan fingerprint density at radius 1 is 1.10 bits per heavy atom. The fraction of sp³-hybridized carbons (Fsp3) is 0.647. The Hall–Kier alpha value is -1.06. The van der Waals surface area contributed by atoms with Gasteiger partial charge in [0.05, 0.1) is 6.61 Å². The number of nitrogens with one attached hydrogen (secondary N) is 1. The van der Waals surface area contributed by atoms with Gasteiger partial charge in [0, 0.05) is 12.6 Å². The number of ether oxygens (including phenoxy) is 2. The van der Waals surface area contributed by atoms with Crippen molar-refractivity contribution >= 4 is 0 Å². The molecule has 0 aromatic heterocycles. The number of benzene rings is 1. The summed E-state index contributed by atoms with van der Waals surface area (Å²) in [5.41, 5.74) is 1.40. The second-order valence-electron chi connectivity index (χ2n) is 5.95. The van der Waals surface area contributed by atoms with Gasteiger partial charge in [0.15, 0.2) is 0 Å². The molecule has 0 radical (unpaired) electrons. The minimum atomic E-state index is 0.231. The highest BCUT2D eigenvalue weighted by atomic mass is 16.5. The smallest absolute Gasteiger partial charge is 0.122 e. The molecule has 20 heavy (non-hydrogen) atoms. The number of rotatable bonds is 4. The first-order valence-electron chi connectivity index (χ1n) is 7.97. The van der Waals surface area contributed by atoms with E-state index in [-0.39, 0.29) is 6.10 Å². The Labute approximate surface area is 121 Å². The van der Waals surface area contributed by atoms with E-state index in [1.165, 1.54) is 31.4 Å². The van der Waals surface area contributed by atoms with Crippen LogP contribution in [0.1, 0.15) is 37.7 Å². The van der Waals surface area contributed by atoms with E-state index >= 15 is 0 Å². The van der Waals surface area contributed by atoms with Gasteiger partial charge < -0.3 is 14.8 Å². The van der Waals surface area contributed by atoms with Gasteiger partial charge in [-0.2, -0.15) is 0 Å². The molecule has 2 unspecified atom stereocenters. The minimum absolute atomic E-state index is 0.231. The maximum Gasteiger partial charge on any atom is 0.122 e. The molecule has 2 aliphatic heterocycles. The van der Waals surface area contributed by atoms with Gasteiger partial charge in [-0.25, -0.2) is 0 Å². The van der Waals surface area contributed by atoms with Crippen LogP contribution in [0.5, 0.6) is 5.75 Å². The average molecular weight is 275 g/mol. The molecule has 0 bridgehead atoms. The summed E-state index contributed by atoms with van der Waals surface area (Å²) in [6.45, 7) is 2.79. The van der Waals surface area contributed by atoms with Gasteiger partial charge in [-0.1, -0.05) is 18.6 Å². The number of piperidine rings is 1. The summed E-state index contributed by atoms with van der Waals surface area (Å²) in [6, 6.07) is 9.27. The molecule has 0 amide bonds. The quantitative estimate of drug-likeness (QED) is 0.916. The first kappa shape index (κ1) is 13.9. The minimum Gasteiger partial charge on any atom is -0.488 e. The fourth-order valence-electron chi connectivity index (χ4n) is 3.08. The van der Waals surface area contributed by atoms with Gasteiger partial charge in [-0.3, -0.25) is 0 Å². The highest BCUT2D eigenvalue weighted by molar-refractivity contribution is 5.28. The second-order valence-corrected chi connectivity index (χ2v) is 5.95. The van der Waals surface area contributed by atoms with Crippen molar-refractivity contribution in [3.05, 3.63) is 29.8 Å². The van der Waals surface area contributed by atoms with Gasteiger partial charge >= 0.3 is 0 Å². The van der Waals surface area contributed by atoms with E-state index in [0.717, 1.165) is 38.2 Å². The molecule has 0 saturated carbocycles. The van der Waals surface area contributed by atoms with E-state index in [9.17, 15) is 0 Å². The van der Waals surface area contributed by atoms with Crippen LogP contribution < -0.4 is 10.1 Å². The molecule has 2 saturated heterocycles. The Morgan fingerprint density at radius 3 is 2.70 bits per heavy atom. The molecular weight excluding hydrogens is 250 g/mol. The van der Waals surface area contributed by atoms with Crippen molar-refractivity contribution in [2.75, 3.05) is 19.8 Å². The van der Waals surface area contributed by atoms with E-state index in [1.54, 1.807) is 0 Å². The predicted octanol–water partition coefficient (Wildman–Crippen LogP) is 2.93. The molecule has 3 rings (SSSR count). The summed E-state index contributed by atoms with van der Waals surface area (Å²) in [4.78, 5) is 0. The fourth-order valence-corrected chi connectivity index (χ4v) is 3.08. The van der Waals surface area contributed by atoms with Crippen LogP contribution in [0, 0.1) is 0 Å². The molecule has 1 N–H and O–H groups in total. The standard InChI is InChI=1S/C17H25NO2/c1-2-10-18-15(4-1)12-14-6-8-16(9-7-14)20-17-5-3-11-19-13-17/h6-9,15,17-18H,1-5,10-13H2. The van der Waals surface area contributed by atoms with Crippen molar-refractivity contribution in [3.63, 3.8) is 0 Å². The van der Waals surface area contributed by atoms with Crippen LogP contribution in [0.3, 0.4) is 0 Å². The molecule has 0 spiro atoms. The van der Waals surface area contributed by atoms with E-state index in [1.807, 2.05) is 0 Å². The number of hydrogen-bond acceptors (Lipinski definition) is 3. The van der Waals surface area contributed by atoms with E-state index in [4.69, 9.17) is 9.47 Å². The lowest BCUT2D eigenvalue weighted by Crippen LogP contribution is -2.35. The molecule has 1 aromatic carbocycles. The molecule has 3 nitrogen and oxygen atoms in total. The van der Waals surface area contributed by atoms with E-state index in [2.05, 4.69) is 29.6 Å². The maximum atomic E-state index is 5.96. The predicted molar refractivity (Wildman–Crippen MR) is 80.3 cm³/mol. The first-order valence-corrected chi connectivity index (χ1v) is 7.97. The van der Waals surface area contributed by atoms with Crippen molar-refractivity contribution in [1.82, 2.24) is 5.32 Å². The topological polar surface area (TPSA) is 30.5 Å². The van der Waals surface area contributed by atoms with Crippen LogP contribution in [-0.2, 0) is 11.2 Å². The van der Waals surface area contributed by atoms with Crippen molar-refractivity contribution in [1.29, 1.82) is 0 Å². The zero-order valence-electron chi connectivity index (χ0n) is 12.1. The summed E-state index contributed by atoms with van der Waals surface area (Å²) in [5, 5.41) is 3.60. The van der Waals surface area contributed by atoms with Crippen molar-refractivity contribution < 1.29 is 9.47 Å². The molecule has 3 heteroatoms. The first-order chi connectivity index (χ1) is 9.90. The van der Waals surface area contributed by atoms with Gasteiger partial charge in [0.1, 0.15) is 11.9 Å². The van der Waals surface area contributed by atoms with Crippen LogP contribution in [0.2, 0.25) is 0 Å². The lowest BCUT2D eigenvalue weighted by atomic mass is 9.98. The van der Waals surface area contributed by atoms with Gasteiger partial charge in [0.2, 0.25) is 0 Å². The normalized spacial score (nSPS) is 27.2. The summed E-state index contributed by atoms with van der Waals surface area (Å²) < 4.78 is 11.4. The zero-order chi connectivity index (χ0) is 13.6. The third kappa shape index (κ3) is 3.97. The van der Waals surface area contributed by atoms with Crippen molar-refractivity contribution in [2.24, 2.45) is 0 Å². The SMILES string of the molecule is c1cc(OC2CCCOC2)ccc1CC1CCCCN1. The summed E-state index contributed by atoms with van der Waals surface area (Å²) in [7, 11) is 0. The molecule has 2 atom stereocenters. The van der Waals surface area contributed by atoms with Crippen LogP contribution >= 0.6 is 0 Å². The Kier molecular flexibility index (Phi) is 4.93. The van der Waals surface area contributed by atoms with Crippen LogP contribution in [0.15, 0.2) is 24.3 Å². The average Bonchev–Trinajstić information content (AvgIpc) is 2.51. The summed E-state index contributed by atoms with van der Waals surface area (Å²) in [6.07, 6.45) is 7.57. The molecule has 1 aromatic rings. The molecule has 2 fully saturated rings. The monoisotopic (exact) mass is 275 g/mol. The highest BCUT2D eigenvalue weighted by Gasteiger charge is 2.16. The Morgan fingerprint density at radius 2 is 2.00 bits per heavy atom. The van der Waals surface area contributed by atoms with Crippen LogP contribution in [-0.4, -0.2) is 31.9 Å². The maximum absolute atomic E-state index is 5.96. The lowest BCUT2D eigenvalue weighted by molar-refractivity contribution is 0.00742. The zero-order valence-corrected chi connectivity index (χ0v) is 12.1. The van der Waals surface area contributed by atoms with Crippen molar-refractivity contribution in [3.8, 4) is 5.75 Å². The Balaban J connectivity index is 1.51.